The zero-order valence-corrected chi connectivity index (χ0v) is 63.5. The predicted molar refractivity (Wildman–Crippen MR) is 412 cm³/mol. The molecule has 0 radical (unpaired) electrons. The normalized spacial score (nSPS) is 12.5. The Morgan fingerprint density at radius 1 is 0.301 bits per heavy atom. The number of nitrogens with one attached hydrogen (secondary N) is 1. The Labute approximate surface area is 583 Å². The van der Waals surface area contributed by atoms with Gasteiger partial charge in [-0.15, -0.1) is 0 Å². The summed E-state index contributed by atoms with van der Waals surface area (Å²) in [6.07, 6.45) is 107. The summed E-state index contributed by atoms with van der Waals surface area (Å²) < 4.78 is 5.49. The molecule has 0 aromatic rings. The van der Waals surface area contributed by atoms with Crippen molar-refractivity contribution in [2.24, 2.45) is 0 Å². The number of ether oxygens (including phenoxy) is 1. The third-order valence-corrected chi connectivity index (χ3v) is 20.5. The number of carbonyl (C=O) groups excluding carboxylic acids is 2. The molecule has 0 fully saturated rings. The average Bonchev–Trinajstić information content (AvgIpc) is 3.77. The molecule has 0 aliphatic rings. The molecule has 2 unspecified atom stereocenters. The maximum absolute atomic E-state index is 12.6. The molecule has 0 aromatic heterocycles. The van der Waals surface area contributed by atoms with E-state index in [1.54, 1.807) is 0 Å². The number of esters is 1. The highest BCUT2D eigenvalue weighted by Crippen LogP contribution is 2.21. The molecule has 0 heterocycles. The first-order chi connectivity index (χ1) is 46.0. The number of aliphatic hydroxyl groups excluding tert-OH is 2. The minimum atomic E-state index is -0.662. The van der Waals surface area contributed by atoms with E-state index in [0.29, 0.717) is 25.9 Å². The van der Waals surface area contributed by atoms with Crippen molar-refractivity contribution in [1.82, 2.24) is 5.32 Å². The monoisotopic (exact) mass is 1310 g/mol. The van der Waals surface area contributed by atoms with Crippen LogP contribution in [0.3, 0.4) is 0 Å². The average molecular weight is 1310 g/mol. The molecule has 2 atom stereocenters. The lowest BCUT2D eigenvalue weighted by Gasteiger charge is -2.22. The molecule has 93 heavy (non-hydrogen) atoms. The van der Waals surface area contributed by atoms with E-state index in [1.807, 2.05) is 0 Å². The molecule has 0 aliphatic heterocycles. The summed E-state index contributed by atoms with van der Waals surface area (Å²) in [6.45, 7) is 4.97. The lowest BCUT2D eigenvalue weighted by atomic mass is 10.0. The van der Waals surface area contributed by atoms with Gasteiger partial charge >= 0.3 is 5.97 Å². The largest absolute Gasteiger partial charge is 0.466 e. The van der Waals surface area contributed by atoms with Crippen LogP contribution in [0.15, 0.2) is 24.3 Å². The van der Waals surface area contributed by atoms with Crippen LogP contribution in [0.4, 0.5) is 0 Å². The van der Waals surface area contributed by atoms with E-state index < -0.39 is 12.1 Å². The molecule has 0 aromatic carbocycles. The summed E-state index contributed by atoms with van der Waals surface area (Å²) in [5, 5.41) is 23.5. The van der Waals surface area contributed by atoms with Crippen LogP contribution < -0.4 is 5.32 Å². The van der Waals surface area contributed by atoms with Crippen LogP contribution >= 0.6 is 0 Å². The number of aliphatic hydroxyl groups is 2. The number of allylic oxidation sites excluding steroid dienone is 4. The van der Waals surface area contributed by atoms with E-state index >= 15 is 0 Å². The Hall–Kier alpha value is -1.66. The van der Waals surface area contributed by atoms with E-state index in [-0.39, 0.29) is 18.5 Å². The molecule has 0 rings (SSSR count). The number of unbranched alkanes of at least 4 members (excludes halogenated alkanes) is 67. The molecule has 3 N–H and O–H groups in total. The smallest absolute Gasteiger partial charge is 0.305 e. The second-order valence-corrected chi connectivity index (χ2v) is 29.9. The van der Waals surface area contributed by atoms with E-state index in [9.17, 15) is 19.8 Å². The molecule has 6 nitrogen and oxygen atoms in total. The Kier molecular flexibility index (Phi) is 81.3. The predicted octanol–water partition coefficient (Wildman–Crippen LogP) is 28.8. The second-order valence-electron chi connectivity index (χ2n) is 29.9. The molecule has 0 bridgehead atoms. The fraction of sp³-hybridized carbons (Fsp3) is 0.931. The fourth-order valence-electron chi connectivity index (χ4n) is 14.0. The molecule has 6 heteroatoms. The van der Waals surface area contributed by atoms with Crippen molar-refractivity contribution in [3.8, 4) is 0 Å². The third kappa shape index (κ3) is 79.2. The minimum absolute atomic E-state index is 0.00970. The summed E-state index contributed by atoms with van der Waals surface area (Å²) in [7, 11) is 0. The van der Waals surface area contributed by atoms with Crippen molar-refractivity contribution in [2.75, 3.05) is 13.2 Å². The first kappa shape index (κ1) is 91.3. The number of carbonyl (C=O) groups is 2. The maximum atomic E-state index is 12.6. The molecule has 0 spiro atoms. The van der Waals surface area contributed by atoms with Crippen molar-refractivity contribution in [3.63, 3.8) is 0 Å². The minimum Gasteiger partial charge on any atom is -0.466 e. The third-order valence-electron chi connectivity index (χ3n) is 20.5. The van der Waals surface area contributed by atoms with Gasteiger partial charge in [0.05, 0.1) is 25.4 Å². The van der Waals surface area contributed by atoms with Gasteiger partial charge in [-0.25, -0.2) is 0 Å². The molecule has 0 saturated carbocycles. The first-order valence-corrected chi connectivity index (χ1v) is 43.1. The Morgan fingerprint density at radius 3 is 0.849 bits per heavy atom. The maximum Gasteiger partial charge on any atom is 0.305 e. The first-order valence-electron chi connectivity index (χ1n) is 43.1. The second kappa shape index (κ2) is 82.8. The SMILES string of the molecule is CCCC/C=C\C/C=C\CCCCCCCC(=O)OCCCCCCCCCCCCCCCCCCCCCCCCCCCCCCCCCCCCCCCC(=O)NC(CO)C(O)CCCCCCCCCCCCCCCCCCCCCCCCCCC. The molecule has 552 valence electrons. The molecule has 0 saturated heterocycles. The highest BCUT2D eigenvalue weighted by atomic mass is 16.5. The standard InChI is InChI=1S/C87H169NO5/c1-3-5-7-9-11-13-15-17-19-20-21-22-23-37-40-43-46-49-52-55-59-63-67-71-75-79-85(90)84(83-89)88-86(91)80-76-72-68-64-60-56-53-50-47-44-41-38-35-33-31-29-27-25-24-26-28-30-32-34-36-39-42-45-48-51-54-58-62-66-70-74-78-82-93-87(92)81-77-73-69-65-61-57-18-16-14-12-10-8-6-4-2/h10,12,16,18,84-85,89-90H,3-9,11,13-15,17,19-83H2,1-2H3,(H,88,91)/b12-10-,18-16-. The van der Waals surface area contributed by atoms with Gasteiger partial charge in [-0.3, -0.25) is 9.59 Å². The van der Waals surface area contributed by atoms with Crippen molar-refractivity contribution < 1.29 is 24.5 Å². The Morgan fingerprint density at radius 2 is 0.548 bits per heavy atom. The zero-order chi connectivity index (χ0) is 67.0. The van der Waals surface area contributed by atoms with Crippen LogP contribution in [0.1, 0.15) is 495 Å². The van der Waals surface area contributed by atoms with E-state index in [4.69, 9.17) is 4.74 Å². The highest BCUT2D eigenvalue weighted by molar-refractivity contribution is 5.76. The van der Waals surface area contributed by atoms with Gasteiger partial charge in [0.1, 0.15) is 0 Å². The Balaban J connectivity index is 3.31. The fourth-order valence-corrected chi connectivity index (χ4v) is 14.0. The molecular formula is C87H169NO5. The summed E-state index contributed by atoms with van der Waals surface area (Å²) in [6, 6.07) is -0.538. The number of amides is 1. The van der Waals surface area contributed by atoms with Crippen LogP contribution in [0, 0.1) is 0 Å². The van der Waals surface area contributed by atoms with Gasteiger partial charge in [0.2, 0.25) is 5.91 Å². The van der Waals surface area contributed by atoms with E-state index in [1.165, 1.54) is 411 Å². The van der Waals surface area contributed by atoms with Gasteiger partial charge < -0.3 is 20.3 Å². The summed E-state index contributed by atoms with van der Waals surface area (Å²) >= 11 is 0. The Bertz CT molecular complexity index is 1460. The molecule has 1 amide bonds. The van der Waals surface area contributed by atoms with Gasteiger partial charge in [0.15, 0.2) is 0 Å². The van der Waals surface area contributed by atoms with Gasteiger partial charge in [0.25, 0.3) is 0 Å². The van der Waals surface area contributed by atoms with Gasteiger partial charge in [-0.05, 0) is 51.4 Å². The van der Waals surface area contributed by atoms with Gasteiger partial charge in [-0.1, -0.05) is 456 Å². The lowest BCUT2D eigenvalue weighted by molar-refractivity contribution is -0.143. The summed E-state index contributed by atoms with van der Waals surface area (Å²) in [5.41, 5.74) is 0. The van der Waals surface area contributed by atoms with Crippen molar-refractivity contribution in [2.45, 2.75) is 508 Å². The van der Waals surface area contributed by atoms with E-state index in [2.05, 4.69) is 43.5 Å². The van der Waals surface area contributed by atoms with Gasteiger partial charge in [-0.2, -0.15) is 0 Å². The lowest BCUT2D eigenvalue weighted by Crippen LogP contribution is -2.45. The van der Waals surface area contributed by atoms with Crippen molar-refractivity contribution in [1.29, 1.82) is 0 Å². The number of rotatable bonds is 82. The summed E-state index contributed by atoms with van der Waals surface area (Å²) in [4.78, 5) is 24.7. The summed E-state index contributed by atoms with van der Waals surface area (Å²) in [5.74, 6) is -0.0130. The van der Waals surface area contributed by atoms with Crippen molar-refractivity contribution >= 4 is 11.9 Å². The highest BCUT2D eigenvalue weighted by Gasteiger charge is 2.20. The topological polar surface area (TPSA) is 95.9 Å². The van der Waals surface area contributed by atoms with Crippen LogP contribution in [0.5, 0.6) is 0 Å². The molecule has 0 aliphatic carbocycles. The number of hydrogen-bond donors (Lipinski definition) is 3. The van der Waals surface area contributed by atoms with Gasteiger partial charge in [0, 0.05) is 12.8 Å². The van der Waals surface area contributed by atoms with E-state index in [0.717, 1.165) is 51.4 Å². The van der Waals surface area contributed by atoms with Crippen LogP contribution in [0.25, 0.3) is 0 Å². The number of hydrogen-bond acceptors (Lipinski definition) is 5. The van der Waals surface area contributed by atoms with Crippen LogP contribution in [-0.4, -0.2) is 47.4 Å². The molecular weight excluding hydrogens is 1140 g/mol. The van der Waals surface area contributed by atoms with Crippen LogP contribution in [-0.2, 0) is 14.3 Å². The van der Waals surface area contributed by atoms with Crippen LogP contribution in [0.2, 0.25) is 0 Å². The van der Waals surface area contributed by atoms with Crippen molar-refractivity contribution in [3.05, 3.63) is 24.3 Å². The quantitative estimate of drug-likeness (QED) is 0.0320. The zero-order valence-electron chi connectivity index (χ0n) is 63.5.